The number of anilines is 1. The van der Waals surface area contributed by atoms with Crippen molar-refractivity contribution in [3.05, 3.63) is 71.4 Å². The van der Waals surface area contributed by atoms with E-state index in [-0.39, 0.29) is 30.5 Å². The molecule has 2 aliphatic rings. The summed E-state index contributed by atoms with van der Waals surface area (Å²) in [5, 5.41) is 7.85. The maximum absolute atomic E-state index is 13.1. The van der Waals surface area contributed by atoms with Gasteiger partial charge in [0.2, 0.25) is 0 Å². The highest BCUT2D eigenvalue weighted by atomic mass is 16.5. The first-order valence-electron chi connectivity index (χ1n) is 12.5. The molecule has 7 heteroatoms. The van der Waals surface area contributed by atoms with Crippen LogP contribution < -0.4 is 10.1 Å². The summed E-state index contributed by atoms with van der Waals surface area (Å²) in [6.45, 7) is 4.20. The molecule has 1 aliphatic carbocycles. The van der Waals surface area contributed by atoms with E-state index < -0.39 is 0 Å². The van der Waals surface area contributed by atoms with Crippen molar-refractivity contribution in [1.82, 2.24) is 14.7 Å². The number of fused-ring (bicyclic) bond motifs is 1. The number of hydrogen-bond donors (Lipinski definition) is 1. The van der Waals surface area contributed by atoms with Crippen molar-refractivity contribution in [3.63, 3.8) is 0 Å². The number of hydrogen-bond acceptors (Lipinski definition) is 4. The number of nitrogens with one attached hydrogen (secondary N) is 1. The highest BCUT2D eigenvalue weighted by Gasteiger charge is 2.29. The number of aromatic nitrogens is 2. The molecule has 2 heterocycles. The molecule has 2 amide bonds. The van der Waals surface area contributed by atoms with E-state index >= 15 is 0 Å². The molecule has 35 heavy (non-hydrogen) atoms. The third-order valence-electron chi connectivity index (χ3n) is 7.10. The Hall–Kier alpha value is -3.61. The summed E-state index contributed by atoms with van der Waals surface area (Å²) < 4.78 is 7.59. The molecule has 1 N–H and O–H groups in total. The number of carbonyl (C=O) groups is 2. The normalized spacial score (nSPS) is 19.3. The van der Waals surface area contributed by atoms with Gasteiger partial charge in [0.25, 0.3) is 11.8 Å². The second-order valence-corrected chi connectivity index (χ2v) is 9.57. The van der Waals surface area contributed by atoms with Crippen molar-refractivity contribution >= 4 is 17.6 Å². The lowest BCUT2D eigenvalue weighted by molar-refractivity contribution is -0.139. The molecule has 1 fully saturated rings. The van der Waals surface area contributed by atoms with Crippen molar-refractivity contribution in [2.45, 2.75) is 64.5 Å². The molecule has 1 saturated heterocycles. The van der Waals surface area contributed by atoms with E-state index in [1.165, 1.54) is 0 Å². The zero-order valence-corrected chi connectivity index (χ0v) is 20.4. The Morgan fingerprint density at radius 2 is 1.69 bits per heavy atom. The Balaban J connectivity index is 1.25. The van der Waals surface area contributed by atoms with Crippen LogP contribution in [0.25, 0.3) is 5.69 Å². The van der Waals surface area contributed by atoms with Gasteiger partial charge in [0.1, 0.15) is 11.6 Å². The van der Waals surface area contributed by atoms with Gasteiger partial charge in [-0.1, -0.05) is 18.2 Å². The molecule has 2 aromatic carbocycles. The Bertz CT molecular complexity index is 1190. The van der Waals surface area contributed by atoms with Crippen LogP contribution in [0.5, 0.6) is 5.75 Å². The molecule has 182 valence electrons. The second-order valence-electron chi connectivity index (χ2n) is 9.57. The summed E-state index contributed by atoms with van der Waals surface area (Å²) in [5.74, 6) is 1.12. The van der Waals surface area contributed by atoms with Gasteiger partial charge in [0.05, 0.1) is 11.4 Å². The molecular formula is C28H32N4O3. The van der Waals surface area contributed by atoms with Crippen LogP contribution in [0.1, 0.15) is 61.1 Å². The summed E-state index contributed by atoms with van der Waals surface area (Å²) in [4.78, 5) is 27.8. The van der Waals surface area contributed by atoms with Crippen molar-refractivity contribution in [2.75, 3.05) is 11.9 Å². The maximum atomic E-state index is 13.1. The fourth-order valence-corrected chi connectivity index (χ4v) is 5.29. The second kappa shape index (κ2) is 9.94. The smallest absolute Gasteiger partial charge is 0.260 e. The van der Waals surface area contributed by atoms with Crippen LogP contribution in [0.3, 0.4) is 0 Å². The first-order chi connectivity index (χ1) is 17.0. The molecular weight excluding hydrogens is 440 g/mol. The van der Waals surface area contributed by atoms with Crippen molar-refractivity contribution in [3.8, 4) is 11.4 Å². The maximum Gasteiger partial charge on any atom is 0.260 e. The molecule has 0 spiro atoms. The predicted octanol–water partition coefficient (Wildman–Crippen LogP) is 4.78. The molecule has 7 nitrogen and oxygen atoms in total. The van der Waals surface area contributed by atoms with Gasteiger partial charge in [-0.3, -0.25) is 9.59 Å². The van der Waals surface area contributed by atoms with E-state index in [9.17, 15) is 9.59 Å². The number of likely N-dealkylation sites (tertiary alicyclic amines) is 1. The van der Waals surface area contributed by atoms with E-state index in [1.807, 2.05) is 39.9 Å². The van der Waals surface area contributed by atoms with Crippen LogP contribution >= 0.6 is 0 Å². The molecule has 0 saturated carbocycles. The number of benzene rings is 2. The number of nitrogens with zero attached hydrogens (tertiary/aromatic N) is 3. The molecule has 3 aromatic rings. The standard InChI is InChI=1S/C28H32N4O3/c1-19-8-6-9-20(2)31(19)26(33)18-35-23-16-14-21(15-17-23)28(34)29-27-24-12-7-13-25(24)30-32(27)22-10-4-3-5-11-22/h3-5,10-11,14-17,19-20H,6-9,12-13,18H2,1-2H3,(H,29,34). The number of para-hydroxylation sites is 1. The van der Waals surface area contributed by atoms with Crippen molar-refractivity contribution in [1.29, 1.82) is 0 Å². The lowest BCUT2D eigenvalue weighted by Gasteiger charge is -2.38. The van der Waals surface area contributed by atoms with E-state index in [4.69, 9.17) is 9.84 Å². The summed E-state index contributed by atoms with van der Waals surface area (Å²) in [7, 11) is 0. The zero-order valence-electron chi connectivity index (χ0n) is 20.4. The van der Waals surface area contributed by atoms with E-state index in [0.29, 0.717) is 11.3 Å². The van der Waals surface area contributed by atoms with Crippen LogP contribution in [-0.4, -0.2) is 45.2 Å². The fourth-order valence-electron chi connectivity index (χ4n) is 5.29. The Labute approximate surface area is 206 Å². The Kier molecular flexibility index (Phi) is 6.57. The molecule has 2 unspecified atom stereocenters. The van der Waals surface area contributed by atoms with Gasteiger partial charge in [0, 0.05) is 23.2 Å². The lowest BCUT2D eigenvalue weighted by Crippen LogP contribution is -2.49. The number of carbonyl (C=O) groups excluding carboxylic acids is 2. The molecule has 1 aliphatic heterocycles. The van der Waals surface area contributed by atoms with Crippen LogP contribution in [0.15, 0.2) is 54.6 Å². The number of aryl methyl sites for hydroxylation is 1. The highest BCUT2D eigenvalue weighted by molar-refractivity contribution is 6.04. The van der Waals surface area contributed by atoms with Gasteiger partial charge >= 0.3 is 0 Å². The van der Waals surface area contributed by atoms with E-state index in [2.05, 4.69) is 19.2 Å². The molecule has 0 bridgehead atoms. The fraction of sp³-hybridized carbons (Fsp3) is 0.393. The topological polar surface area (TPSA) is 76.5 Å². The minimum atomic E-state index is -0.199. The predicted molar refractivity (Wildman–Crippen MR) is 135 cm³/mol. The monoisotopic (exact) mass is 472 g/mol. The summed E-state index contributed by atoms with van der Waals surface area (Å²) in [5.41, 5.74) is 3.61. The first kappa shape index (κ1) is 23.1. The largest absolute Gasteiger partial charge is 0.484 e. The SMILES string of the molecule is CC1CCCC(C)N1C(=O)COc1ccc(C(=O)Nc2c3c(nn2-c2ccccc2)CCC3)cc1. The van der Waals surface area contributed by atoms with Crippen LogP contribution in [0.2, 0.25) is 0 Å². The number of amides is 2. The summed E-state index contributed by atoms with van der Waals surface area (Å²) in [6, 6.07) is 17.3. The third kappa shape index (κ3) is 4.81. The van der Waals surface area contributed by atoms with Crippen LogP contribution in [-0.2, 0) is 17.6 Å². The minimum Gasteiger partial charge on any atom is -0.484 e. The van der Waals surface area contributed by atoms with E-state index in [1.54, 1.807) is 24.3 Å². The van der Waals surface area contributed by atoms with E-state index in [0.717, 1.165) is 61.3 Å². The van der Waals surface area contributed by atoms with Gasteiger partial charge in [-0.2, -0.15) is 5.10 Å². The summed E-state index contributed by atoms with van der Waals surface area (Å²) >= 11 is 0. The highest BCUT2D eigenvalue weighted by Crippen LogP contribution is 2.31. The molecule has 2 atom stereocenters. The summed E-state index contributed by atoms with van der Waals surface area (Å²) in [6.07, 6.45) is 6.12. The van der Waals surface area contributed by atoms with Gasteiger partial charge in [-0.15, -0.1) is 0 Å². The molecule has 5 rings (SSSR count). The third-order valence-corrected chi connectivity index (χ3v) is 7.10. The average Bonchev–Trinajstić information content (AvgIpc) is 3.46. The van der Waals surface area contributed by atoms with Crippen LogP contribution in [0.4, 0.5) is 5.82 Å². The number of rotatable bonds is 6. The van der Waals surface area contributed by atoms with Gasteiger partial charge < -0.3 is 15.0 Å². The number of ether oxygens (including phenoxy) is 1. The van der Waals surface area contributed by atoms with Crippen LogP contribution in [0, 0.1) is 0 Å². The van der Waals surface area contributed by atoms with Gasteiger partial charge in [-0.05, 0) is 88.8 Å². The van der Waals surface area contributed by atoms with Gasteiger partial charge in [-0.25, -0.2) is 4.68 Å². The average molecular weight is 473 g/mol. The Morgan fingerprint density at radius 3 is 2.40 bits per heavy atom. The van der Waals surface area contributed by atoms with Crippen molar-refractivity contribution < 1.29 is 14.3 Å². The minimum absolute atomic E-state index is 0.00260. The first-order valence-corrected chi connectivity index (χ1v) is 12.5. The lowest BCUT2D eigenvalue weighted by atomic mass is 9.97. The van der Waals surface area contributed by atoms with Crippen molar-refractivity contribution in [2.24, 2.45) is 0 Å². The molecule has 0 radical (unpaired) electrons. The number of piperidine rings is 1. The van der Waals surface area contributed by atoms with Gasteiger partial charge in [0.15, 0.2) is 6.61 Å². The quantitative estimate of drug-likeness (QED) is 0.560. The molecule has 1 aromatic heterocycles. The zero-order chi connectivity index (χ0) is 24.4. The Morgan fingerprint density at radius 1 is 0.971 bits per heavy atom.